The normalized spacial score (nSPS) is 14.2. The molecule has 6 rings (SSSR count). The third kappa shape index (κ3) is 5.04. The zero-order valence-corrected chi connectivity index (χ0v) is 23.8. The molecule has 0 spiro atoms. The van der Waals surface area contributed by atoms with Crippen molar-refractivity contribution in [2.45, 2.75) is 19.3 Å². The number of imidazole rings is 1. The smallest absolute Gasteiger partial charge is 0.333 e. The molecule has 1 N–H and O–H groups in total. The van der Waals surface area contributed by atoms with Crippen molar-refractivity contribution >= 4 is 33.7 Å². The molecule has 0 radical (unpaired) electrons. The molecule has 0 atom stereocenters. The number of ether oxygens (including phenoxy) is 1. The van der Waals surface area contributed by atoms with Gasteiger partial charge >= 0.3 is 5.69 Å². The first-order valence-corrected chi connectivity index (χ1v) is 13.8. The van der Waals surface area contributed by atoms with Gasteiger partial charge < -0.3 is 10.1 Å². The van der Waals surface area contributed by atoms with Gasteiger partial charge in [-0.15, -0.1) is 0 Å². The molecule has 1 fully saturated rings. The van der Waals surface area contributed by atoms with Crippen LogP contribution in [-0.2, 0) is 22.0 Å². The number of morpholine rings is 1. The number of carbonyl (C=O) groups excluding carboxylic acids is 1. The zero-order chi connectivity index (χ0) is 29.4. The van der Waals surface area contributed by atoms with Crippen molar-refractivity contribution in [1.29, 1.82) is 5.26 Å². The molecular weight excluding hydrogens is 530 g/mol. The van der Waals surface area contributed by atoms with Gasteiger partial charge in [0.05, 0.1) is 59.7 Å². The van der Waals surface area contributed by atoms with Crippen molar-refractivity contribution in [3.63, 3.8) is 0 Å². The minimum atomic E-state index is -0.636. The number of carbonyl (C=O) groups is 1. The van der Waals surface area contributed by atoms with Gasteiger partial charge in [-0.1, -0.05) is 18.2 Å². The minimum absolute atomic E-state index is 0.109. The summed E-state index contributed by atoms with van der Waals surface area (Å²) in [6.07, 6.45) is 3.45. The second kappa shape index (κ2) is 10.9. The summed E-state index contributed by atoms with van der Waals surface area (Å²) in [6, 6.07) is 19.5. The number of aromatic nitrogens is 4. The Bertz CT molecular complexity index is 1890. The molecule has 0 unspecified atom stereocenters. The van der Waals surface area contributed by atoms with Gasteiger partial charge in [-0.25, -0.2) is 9.78 Å². The maximum Gasteiger partial charge on any atom is 0.333 e. The van der Waals surface area contributed by atoms with E-state index >= 15 is 0 Å². The largest absolute Gasteiger partial charge is 0.379 e. The van der Waals surface area contributed by atoms with Gasteiger partial charge in [0.15, 0.2) is 0 Å². The molecule has 3 aromatic heterocycles. The van der Waals surface area contributed by atoms with Crippen molar-refractivity contribution in [1.82, 2.24) is 24.0 Å². The Balaban J connectivity index is 1.34. The number of benzene rings is 2. The van der Waals surface area contributed by atoms with E-state index in [1.54, 1.807) is 34.6 Å². The van der Waals surface area contributed by atoms with Crippen molar-refractivity contribution < 1.29 is 9.53 Å². The minimum Gasteiger partial charge on any atom is -0.379 e. The predicted octanol–water partition coefficient (Wildman–Crippen LogP) is 4.01. The van der Waals surface area contributed by atoms with Gasteiger partial charge in [-0.05, 0) is 61.4 Å². The highest BCUT2D eigenvalue weighted by molar-refractivity contribution is 6.04. The first kappa shape index (κ1) is 27.3. The van der Waals surface area contributed by atoms with E-state index in [1.807, 2.05) is 62.4 Å². The Kier molecular flexibility index (Phi) is 7.06. The van der Waals surface area contributed by atoms with E-state index in [1.165, 1.54) is 0 Å². The maximum absolute atomic E-state index is 13.5. The number of pyridine rings is 2. The Hall–Kier alpha value is -4.85. The van der Waals surface area contributed by atoms with Crippen LogP contribution in [0.5, 0.6) is 0 Å². The topological polar surface area (TPSA) is 118 Å². The first-order valence-electron chi connectivity index (χ1n) is 13.8. The Labute approximate surface area is 242 Å². The molecule has 1 aliphatic heterocycles. The number of aryl methyl sites for hydroxylation is 1. The molecule has 10 nitrogen and oxygen atoms in total. The van der Waals surface area contributed by atoms with Gasteiger partial charge in [0.2, 0.25) is 5.91 Å². The molecule has 5 aromatic rings. The number of nitrogens with zero attached hydrogens (tertiary/aromatic N) is 6. The number of nitriles is 1. The molecule has 0 aliphatic carbocycles. The lowest BCUT2D eigenvalue weighted by Crippen LogP contribution is -2.41. The summed E-state index contributed by atoms with van der Waals surface area (Å²) in [5.74, 6) is 0.379. The highest BCUT2D eigenvalue weighted by Crippen LogP contribution is 2.30. The predicted molar refractivity (Wildman–Crippen MR) is 162 cm³/mol. The quantitative estimate of drug-likeness (QED) is 0.333. The van der Waals surface area contributed by atoms with Crippen LogP contribution in [0.15, 0.2) is 71.8 Å². The summed E-state index contributed by atoms with van der Waals surface area (Å²) in [5, 5.41) is 13.2. The summed E-state index contributed by atoms with van der Waals surface area (Å²) in [5.41, 5.74) is 4.76. The second-order valence-electron chi connectivity index (χ2n) is 11.1. The van der Waals surface area contributed by atoms with Gasteiger partial charge in [-0.3, -0.25) is 23.8 Å². The van der Waals surface area contributed by atoms with E-state index in [0.29, 0.717) is 36.8 Å². The molecule has 1 aliphatic rings. The molecule has 0 bridgehead atoms. The molecule has 1 saturated heterocycles. The lowest BCUT2D eigenvalue weighted by molar-refractivity contribution is -0.118. The number of hydrogen-bond acceptors (Lipinski definition) is 7. The van der Waals surface area contributed by atoms with Gasteiger partial charge in [-0.2, -0.15) is 5.26 Å². The van der Waals surface area contributed by atoms with Gasteiger partial charge in [0.25, 0.3) is 0 Å². The fraction of sp³-hybridized carbons (Fsp3) is 0.281. The lowest BCUT2D eigenvalue weighted by atomic mass is 9.86. The number of anilines is 1. The van der Waals surface area contributed by atoms with Gasteiger partial charge in [0, 0.05) is 37.3 Å². The monoisotopic (exact) mass is 561 g/mol. The summed E-state index contributed by atoms with van der Waals surface area (Å²) in [6.45, 7) is 6.80. The maximum atomic E-state index is 13.5. The van der Waals surface area contributed by atoms with Crippen LogP contribution >= 0.6 is 0 Å². The Morgan fingerprint density at radius 1 is 1.02 bits per heavy atom. The van der Waals surface area contributed by atoms with Crippen LogP contribution in [0.3, 0.4) is 0 Å². The van der Waals surface area contributed by atoms with Crippen molar-refractivity contribution in [3.8, 4) is 22.9 Å². The van der Waals surface area contributed by atoms with Crippen LogP contribution in [0.4, 0.5) is 5.82 Å². The van der Waals surface area contributed by atoms with E-state index in [9.17, 15) is 14.9 Å². The van der Waals surface area contributed by atoms with Crippen LogP contribution in [0.1, 0.15) is 19.4 Å². The molecule has 1 amide bonds. The van der Waals surface area contributed by atoms with Crippen LogP contribution in [0.2, 0.25) is 0 Å². The number of hydrogen-bond donors (Lipinski definition) is 1. The van der Waals surface area contributed by atoms with E-state index in [-0.39, 0.29) is 11.6 Å². The van der Waals surface area contributed by atoms with Crippen molar-refractivity contribution in [2.75, 3.05) is 38.2 Å². The van der Waals surface area contributed by atoms with E-state index < -0.39 is 5.41 Å². The van der Waals surface area contributed by atoms with Gasteiger partial charge in [0.1, 0.15) is 5.82 Å². The van der Waals surface area contributed by atoms with Crippen LogP contribution < -0.4 is 11.0 Å². The number of rotatable bonds is 6. The zero-order valence-electron chi connectivity index (χ0n) is 23.8. The SMILES string of the molecule is Cn1c(=O)n(-c2ccc(C(C)(C)C#N)cc2)c2c3cc(-c4ccc(NC(=O)CN5CCOCC5)nc4)ccc3ncc21. The molecule has 4 heterocycles. The number of fused-ring (bicyclic) bond motifs is 3. The third-order valence-electron chi connectivity index (χ3n) is 7.85. The Morgan fingerprint density at radius 2 is 1.76 bits per heavy atom. The molecule has 42 heavy (non-hydrogen) atoms. The standard InChI is InChI=1S/C32H31N7O3/c1-32(2,20-33)23-6-8-24(9-7-23)39-30-25-16-21(4-10-26(25)34-18-27(30)37(3)31(39)41)22-5-11-28(35-17-22)36-29(40)19-38-12-14-42-15-13-38/h4-11,16-18H,12-15,19H2,1-3H3,(H,35,36,40). The van der Waals surface area contributed by atoms with Crippen LogP contribution in [0.25, 0.3) is 38.8 Å². The third-order valence-corrected chi connectivity index (χ3v) is 7.85. The van der Waals surface area contributed by atoms with E-state index in [0.717, 1.165) is 46.2 Å². The number of nitrogens with one attached hydrogen (secondary N) is 1. The fourth-order valence-corrected chi connectivity index (χ4v) is 5.29. The van der Waals surface area contributed by atoms with E-state index in [2.05, 4.69) is 26.3 Å². The summed E-state index contributed by atoms with van der Waals surface area (Å²) < 4.78 is 8.63. The second-order valence-corrected chi connectivity index (χ2v) is 11.1. The molecule has 2 aromatic carbocycles. The van der Waals surface area contributed by atoms with E-state index in [4.69, 9.17) is 4.74 Å². The Morgan fingerprint density at radius 3 is 2.45 bits per heavy atom. The number of amides is 1. The summed E-state index contributed by atoms with van der Waals surface area (Å²) in [4.78, 5) is 37.1. The lowest BCUT2D eigenvalue weighted by Gasteiger charge is -2.25. The van der Waals surface area contributed by atoms with Crippen LogP contribution in [0, 0.1) is 11.3 Å². The van der Waals surface area contributed by atoms with Crippen LogP contribution in [-0.4, -0.2) is 62.8 Å². The molecule has 212 valence electrons. The molecule has 10 heteroatoms. The van der Waals surface area contributed by atoms with Crippen molar-refractivity contribution in [2.24, 2.45) is 7.05 Å². The van der Waals surface area contributed by atoms with Crippen molar-refractivity contribution in [3.05, 3.63) is 83.0 Å². The summed E-state index contributed by atoms with van der Waals surface area (Å²) >= 11 is 0. The average molecular weight is 562 g/mol. The molecule has 0 saturated carbocycles. The summed E-state index contributed by atoms with van der Waals surface area (Å²) in [7, 11) is 1.74. The fourth-order valence-electron chi connectivity index (χ4n) is 5.29. The molecular formula is C32H31N7O3. The average Bonchev–Trinajstić information content (AvgIpc) is 3.27. The highest BCUT2D eigenvalue weighted by atomic mass is 16.5. The highest BCUT2D eigenvalue weighted by Gasteiger charge is 2.21. The first-order chi connectivity index (χ1) is 20.2.